The van der Waals surface area contributed by atoms with Crippen LogP contribution in [-0.4, -0.2) is 5.75 Å². The summed E-state index contributed by atoms with van der Waals surface area (Å²) in [5, 5.41) is 10.4. The zero-order valence-electron chi connectivity index (χ0n) is 11.1. The predicted molar refractivity (Wildman–Crippen MR) is 89.0 cm³/mol. The van der Waals surface area contributed by atoms with Gasteiger partial charge in [0.25, 0.3) is 0 Å². The van der Waals surface area contributed by atoms with Crippen LogP contribution >= 0.6 is 34.4 Å². The van der Waals surface area contributed by atoms with Gasteiger partial charge in [-0.05, 0) is 24.3 Å². The number of benzene rings is 1. The van der Waals surface area contributed by atoms with Gasteiger partial charge in [0.2, 0.25) is 0 Å². The molecule has 0 fully saturated rings. The second-order valence-corrected chi connectivity index (χ2v) is 6.38. The number of hydrogen-bond acceptors (Lipinski definition) is 3. The van der Waals surface area contributed by atoms with Gasteiger partial charge in [-0.25, -0.2) is 0 Å². The van der Waals surface area contributed by atoms with E-state index in [0.717, 1.165) is 44.6 Å². The number of nitrogens with zero attached hydrogens (tertiary/aromatic N) is 1. The number of rotatable bonds is 5. The van der Waals surface area contributed by atoms with Gasteiger partial charge in [-0.15, -0.1) is 11.8 Å². The van der Waals surface area contributed by atoms with Crippen molar-refractivity contribution in [2.45, 2.75) is 36.0 Å². The molecular weight excluding hydrogens is 369 g/mol. The lowest BCUT2D eigenvalue weighted by Gasteiger charge is -2.01. The van der Waals surface area contributed by atoms with E-state index in [0.29, 0.717) is 5.56 Å². The molecule has 0 N–H and O–H groups in total. The van der Waals surface area contributed by atoms with Gasteiger partial charge in [0.1, 0.15) is 11.8 Å². The zero-order valence-corrected chi connectivity index (χ0v) is 14.1. The van der Waals surface area contributed by atoms with Crippen LogP contribution in [0.5, 0.6) is 0 Å². The largest absolute Gasteiger partial charge is 0.459 e. The summed E-state index contributed by atoms with van der Waals surface area (Å²) in [6.45, 7) is 4.27. The minimum atomic E-state index is 0.655. The number of hydrogen-bond donors (Lipinski definition) is 0. The second-order valence-electron chi connectivity index (χ2n) is 4.28. The fraction of sp³-hybridized carbons (Fsp3) is 0.400. The molecule has 0 bridgehead atoms. The maximum absolute atomic E-state index is 9.31. The molecule has 0 aliphatic carbocycles. The molecule has 100 valence electrons. The molecular formula is C15H16INOS. The molecule has 2 aromatic rings. The van der Waals surface area contributed by atoms with Crippen molar-refractivity contribution >= 4 is 45.3 Å². The highest BCUT2D eigenvalue weighted by Crippen LogP contribution is 2.34. The Labute approximate surface area is 131 Å². The molecule has 1 aromatic heterocycles. The van der Waals surface area contributed by atoms with Gasteiger partial charge >= 0.3 is 0 Å². The van der Waals surface area contributed by atoms with E-state index in [1.165, 1.54) is 5.56 Å². The van der Waals surface area contributed by atoms with E-state index >= 15 is 0 Å². The molecule has 1 heterocycles. The lowest BCUT2D eigenvalue weighted by molar-refractivity contribution is 0.540. The average molecular weight is 385 g/mol. The van der Waals surface area contributed by atoms with Crippen molar-refractivity contribution in [2.24, 2.45) is 0 Å². The van der Waals surface area contributed by atoms with Gasteiger partial charge in [0.15, 0.2) is 5.58 Å². The average Bonchev–Trinajstić information content (AvgIpc) is 2.76. The molecule has 0 radical (unpaired) electrons. The lowest BCUT2D eigenvalue weighted by Crippen LogP contribution is -1.85. The number of aryl methyl sites for hydroxylation is 1. The summed E-state index contributed by atoms with van der Waals surface area (Å²) in [6.07, 6.45) is 2.00. The lowest BCUT2D eigenvalue weighted by atomic mass is 10.1. The van der Waals surface area contributed by atoms with E-state index in [-0.39, 0.29) is 0 Å². The summed E-state index contributed by atoms with van der Waals surface area (Å²) in [4.78, 5) is 1.15. The van der Waals surface area contributed by atoms with Crippen LogP contribution in [0.1, 0.15) is 37.2 Å². The summed E-state index contributed by atoms with van der Waals surface area (Å²) >= 11 is 4.14. The molecule has 1 aromatic carbocycles. The number of fused-ring (bicyclic) bond motifs is 1. The number of furan rings is 1. The summed E-state index contributed by atoms with van der Waals surface area (Å²) in [6, 6.07) is 6.37. The van der Waals surface area contributed by atoms with Gasteiger partial charge in [-0.3, -0.25) is 0 Å². The van der Waals surface area contributed by atoms with Crippen molar-refractivity contribution in [3.63, 3.8) is 0 Å². The van der Waals surface area contributed by atoms with Crippen LogP contribution in [0.4, 0.5) is 0 Å². The van der Waals surface area contributed by atoms with E-state index in [2.05, 4.69) is 48.6 Å². The van der Waals surface area contributed by atoms with Crippen molar-refractivity contribution in [1.29, 1.82) is 5.26 Å². The number of thioether (sulfide) groups is 1. The third-order valence-electron chi connectivity index (χ3n) is 2.99. The predicted octanol–water partition coefficient (Wildman–Crippen LogP) is 5.30. The van der Waals surface area contributed by atoms with Crippen LogP contribution in [0.25, 0.3) is 11.0 Å². The molecule has 2 rings (SSSR count). The normalized spacial score (nSPS) is 10.8. The maximum atomic E-state index is 9.31. The highest BCUT2D eigenvalue weighted by Gasteiger charge is 2.16. The Kier molecular flexibility index (Phi) is 5.17. The molecule has 0 unspecified atom stereocenters. The first kappa shape index (κ1) is 14.7. The van der Waals surface area contributed by atoms with Gasteiger partial charge in [-0.2, -0.15) is 5.26 Å². The van der Waals surface area contributed by atoms with Gasteiger partial charge < -0.3 is 4.42 Å². The van der Waals surface area contributed by atoms with E-state index < -0.39 is 0 Å². The molecule has 2 nitrogen and oxygen atoms in total. The molecule has 0 atom stereocenters. The Hall–Kier alpha value is -0.670. The van der Waals surface area contributed by atoms with Crippen LogP contribution in [-0.2, 0) is 10.8 Å². The quantitative estimate of drug-likeness (QED) is 0.398. The molecule has 0 amide bonds. The van der Waals surface area contributed by atoms with Crippen molar-refractivity contribution in [3.8, 4) is 6.07 Å². The van der Waals surface area contributed by atoms with Crippen molar-refractivity contribution in [3.05, 3.63) is 29.0 Å². The zero-order chi connectivity index (χ0) is 13.8. The molecule has 0 saturated heterocycles. The first-order valence-electron chi connectivity index (χ1n) is 6.42. The Morgan fingerprint density at radius 2 is 2.16 bits per heavy atom. The highest BCUT2D eigenvalue weighted by molar-refractivity contribution is 14.1. The van der Waals surface area contributed by atoms with E-state index in [1.54, 1.807) is 11.8 Å². The SMILES string of the molecule is CCCc1oc2c(C#N)cc(SCC)cc2c1CI. The molecule has 4 heteroatoms. The standard InChI is InChI=1S/C15H16INOS/c1-3-5-14-13(8-16)12-7-11(19-4-2)6-10(9-17)15(12)18-14/h6-7H,3-5,8H2,1-2H3. The Morgan fingerprint density at radius 3 is 2.74 bits per heavy atom. The molecule has 0 saturated carbocycles. The third kappa shape index (κ3) is 2.92. The van der Waals surface area contributed by atoms with Crippen LogP contribution < -0.4 is 0 Å². The highest BCUT2D eigenvalue weighted by atomic mass is 127. The minimum Gasteiger partial charge on any atom is -0.459 e. The molecule has 0 aliphatic heterocycles. The van der Waals surface area contributed by atoms with Gasteiger partial charge in [-0.1, -0.05) is 36.4 Å². The van der Waals surface area contributed by atoms with E-state index in [9.17, 15) is 5.26 Å². The van der Waals surface area contributed by atoms with Crippen molar-refractivity contribution in [2.75, 3.05) is 5.75 Å². The fourth-order valence-corrected chi connectivity index (χ4v) is 3.75. The smallest absolute Gasteiger partial charge is 0.152 e. The van der Waals surface area contributed by atoms with Gasteiger partial charge in [0, 0.05) is 26.7 Å². The Balaban J connectivity index is 2.68. The number of nitriles is 1. The monoisotopic (exact) mass is 385 g/mol. The first-order valence-corrected chi connectivity index (χ1v) is 8.93. The van der Waals surface area contributed by atoms with Crippen molar-refractivity contribution < 1.29 is 4.42 Å². The fourth-order valence-electron chi connectivity index (χ4n) is 2.18. The maximum Gasteiger partial charge on any atom is 0.152 e. The summed E-state index contributed by atoms with van der Waals surface area (Å²) < 4.78 is 6.87. The Bertz CT molecular complexity index is 627. The van der Waals surface area contributed by atoms with Crippen LogP contribution in [0.15, 0.2) is 21.4 Å². The second kappa shape index (κ2) is 6.67. The van der Waals surface area contributed by atoms with E-state index in [1.807, 2.05) is 6.07 Å². The minimum absolute atomic E-state index is 0.655. The number of alkyl halides is 1. The van der Waals surface area contributed by atoms with Crippen LogP contribution in [0, 0.1) is 11.3 Å². The van der Waals surface area contributed by atoms with Crippen LogP contribution in [0.3, 0.4) is 0 Å². The topological polar surface area (TPSA) is 36.9 Å². The first-order chi connectivity index (χ1) is 9.24. The van der Waals surface area contributed by atoms with Crippen molar-refractivity contribution in [1.82, 2.24) is 0 Å². The molecule has 19 heavy (non-hydrogen) atoms. The van der Waals surface area contributed by atoms with Crippen LogP contribution in [0.2, 0.25) is 0 Å². The summed E-state index contributed by atoms with van der Waals surface area (Å²) in [7, 11) is 0. The van der Waals surface area contributed by atoms with E-state index in [4.69, 9.17) is 4.42 Å². The summed E-state index contributed by atoms with van der Waals surface area (Å²) in [5.74, 6) is 2.05. The summed E-state index contributed by atoms with van der Waals surface area (Å²) in [5.41, 5.74) is 2.67. The Morgan fingerprint density at radius 1 is 1.37 bits per heavy atom. The third-order valence-corrected chi connectivity index (χ3v) is 4.61. The molecule has 0 aliphatic rings. The molecule has 0 spiro atoms. The number of halogens is 1. The van der Waals surface area contributed by atoms with Gasteiger partial charge in [0.05, 0.1) is 5.56 Å².